The summed E-state index contributed by atoms with van der Waals surface area (Å²) in [5.74, 6) is -0.0147. The second-order valence-corrected chi connectivity index (χ2v) is 8.23. The standard InChI is InChI=1S/C7H15NOSi/c1-6(2)7(9)8-10(3,4)5/h1H2,2-5H3,(H,8,9). The molecule has 0 saturated heterocycles. The molecule has 0 aliphatic carbocycles. The van der Waals surface area contributed by atoms with Gasteiger partial charge in [-0.25, -0.2) is 0 Å². The van der Waals surface area contributed by atoms with Crippen molar-refractivity contribution < 1.29 is 4.79 Å². The molecule has 1 N–H and O–H groups in total. The lowest BCUT2D eigenvalue weighted by Crippen LogP contribution is -2.45. The smallest absolute Gasteiger partial charge is 0.238 e. The zero-order valence-electron chi connectivity index (χ0n) is 7.12. The molecule has 0 aromatic carbocycles. The molecule has 0 aromatic heterocycles. The Bertz CT molecular complexity index is 157. The zero-order chi connectivity index (χ0) is 8.36. The molecule has 2 nitrogen and oxygen atoms in total. The van der Waals surface area contributed by atoms with E-state index in [2.05, 4.69) is 31.2 Å². The van der Waals surface area contributed by atoms with Crippen LogP contribution in [0.5, 0.6) is 0 Å². The zero-order valence-corrected chi connectivity index (χ0v) is 8.12. The molecule has 0 radical (unpaired) electrons. The van der Waals surface area contributed by atoms with Gasteiger partial charge in [0.1, 0.15) is 8.24 Å². The van der Waals surface area contributed by atoms with Crippen LogP contribution in [0.15, 0.2) is 12.2 Å². The first-order valence-corrected chi connectivity index (χ1v) is 6.81. The largest absolute Gasteiger partial charge is 0.379 e. The fourth-order valence-electron chi connectivity index (χ4n) is 0.447. The Hall–Kier alpha value is -0.573. The molecule has 0 saturated carbocycles. The highest BCUT2D eigenvalue weighted by Crippen LogP contribution is 1.96. The Labute approximate surface area is 63.4 Å². The van der Waals surface area contributed by atoms with Crippen LogP contribution in [0.3, 0.4) is 0 Å². The van der Waals surface area contributed by atoms with Crippen molar-refractivity contribution in [2.75, 3.05) is 0 Å². The highest BCUT2D eigenvalue weighted by Gasteiger charge is 2.16. The quantitative estimate of drug-likeness (QED) is 0.478. The van der Waals surface area contributed by atoms with Crippen molar-refractivity contribution in [3.8, 4) is 0 Å². The lowest BCUT2D eigenvalue weighted by molar-refractivity contribution is -0.116. The van der Waals surface area contributed by atoms with Crippen molar-refractivity contribution in [1.29, 1.82) is 0 Å². The molecule has 3 heteroatoms. The first-order valence-electron chi connectivity index (χ1n) is 3.31. The van der Waals surface area contributed by atoms with Gasteiger partial charge >= 0.3 is 0 Å². The number of amides is 1. The normalized spacial score (nSPS) is 10.8. The summed E-state index contributed by atoms with van der Waals surface area (Å²) in [5.41, 5.74) is 0.586. The molecule has 0 aliphatic rings. The van der Waals surface area contributed by atoms with Gasteiger partial charge in [0, 0.05) is 5.57 Å². The minimum atomic E-state index is -1.44. The van der Waals surface area contributed by atoms with E-state index in [-0.39, 0.29) is 5.91 Å². The lowest BCUT2D eigenvalue weighted by atomic mass is 10.3. The topological polar surface area (TPSA) is 29.1 Å². The van der Waals surface area contributed by atoms with Crippen LogP contribution in [-0.2, 0) is 4.79 Å². The van der Waals surface area contributed by atoms with Crippen LogP contribution in [0, 0.1) is 0 Å². The highest BCUT2D eigenvalue weighted by atomic mass is 28.3. The second-order valence-electron chi connectivity index (χ2n) is 3.48. The molecule has 1 amide bonds. The lowest BCUT2D eigenvalue weighted by Gasteiger charge is -2.17. The number of carbonyl (C=O) groups excluding carboxylic acids is 1. The fourth-order valence-corrected chi connectivity index (χ4v) is 1.34. The summed E-state index contributed by atoms with van der Waals surface area (Å²) in [4.78, 5) is 13.9. The van der Waals surface area contributed by atoms with Crippen molar-refractivity contribution in [2.45, 2.75) is 26.6 Å². The van der Waals surface area contributed by atoms with Crippen LogP contribution in [0.1, 0.15) is 6.92 Å². The molecule has 10 heavy (non-hydrogen) atoms. The van der Waals surface area contributed by atoms with E-state index in [1.54, 1.807) is 6.92 Å². The summed E-state index contributed by atoms with van der Waals surface area (Å²) in [5, 5.41) is 0. The summed E-state index contributed by atoms with van der Waals surface area (Å²) < 4.78 is 0. The summed E-state index contributed by atoms with van der Waals surface area (Å²) >= 11 is 0. The SMILES string of the molecule is C=C(C)C(=O)N[Si](C)(C)C. The summed E-state index contributed by atoms with van der Waals surface area (Å²) in [6.07, 6.45) is 0. The van der Waals surface area contributed by atoms with Gasteiger partial charge in [-0.15, -0.1) is 0 Å². The van der Waals surface area contributed by atoms with Crippen LogP contribution < -0.4 is 4.98 Å². The molecule has 0 fully saturated rings. The van der Waals surface area contributed by atoms with Crippen LogP contribution in [0.2, 0.25) is 19.6 Å². The Morgan fingerprint density at radius 2 is 1.80 bits per heavy atom. The van der Waals surface area contributed by atoms with Gasteiger partial charge in [-0.3, -0.25) is 4.79 Å². The Balaban J connectivity index is 3.93. The minimum absolute atomic E-state index is 0.0147. The maximum Gasteiger partial charge on any atom is 0.238 e. The third-order valence-electron chi connectivity index (χ3n) is 0.876. The van der Waals surface area contributed by atoms with E-state index in [4.69, 9.17) is 0 Å². The van der Waals surface area contributed by atoms with E-state index < -0.39 is 8.24 Å². The summed E-state index contributed by atoms with van der Waals surface area (Å²) in [6.45, 7) is 11.5. The first kappa shape index (κ1) is 9.43. The number of carbonyl (C=O) groups is 1. The molecule has 0 spiro atoms. The van der Waals surface area contributed by atoms with Crippen LogP contribution in [0.25, 0.3) is 0 Å². The van der Waals surface area contributed by atoms with E-state index >= 15 is 0 Å². The Morgan fingerprint density at radius 1 is 1.40 bits per heavy atom. The van der Waals surface area contributed by atoms with Gasteiger partial charge in [0.05, 0.1) is 0 Å². The van der Waals surface area contributed by atoms with E-state index in [0.717, 1.165) is 0 Å². The average Bonchev–Trinajstić information content (AvgIpc) is 1.60. The monoisotopic (exact) mass is 157 g/mol. The van der Waals surface area contributed by atoms with Crippen LogP contribution in [-0.4, -0.2) is 14.1 Å². The fraction of sp³-hybridized carbons (Fsp3) is 0.571. The number of nitrogens with one attached hydrogen (secondary N) is 1. The van der Waals surface area contributed by atoms with E-state index in [9.17, 15) is 4.79 Å². The van der Waals surface area contributed by atoms with Gasteiger partial charge in [-0.1, -0.05) is 26.2 Å². The molecule has 0 aliphatic heterocycles. The maximum atomic E-state index is 11.0. The van der Waals surface area contributed by atoms with Gasteiger partial charge in [0.15, 0.2) is 0 Å². The van der Waals surface area contributed by atoms with Gasteiger partial charge in [0.25, 0.3) is 0 Å². The van der Waals surface area contributed by atoms with E-state index in [1.807, 2.05) is 0 Å². The minimum Gasteiger partial charge on any atom is -0.379 e. The second kappa shape index (κ2) is 3.01. The summed E-state index contributed by atoms with van der Waals surface area (Å²) in [7, 11) is -1.44. The molecule has 0 unspecified atom stereocenters. The third kappa shape index (κ3) is 4.32. The molecule has 0 aromatic rings. The molecule has 0 bridgehead atoms. The van der Waals surface area contributed by atoms with Crippen LogP contribution >= 0.6 is 0 Å². The molecule has 0 rings (SSSR count). The van der Waals surface area contributed by atoms with Gasteiger partial charge in [0.2, 0.25) is 5.91 Å². The van der Waals surface area contributed by atoms with Crippen molar-refractivity contribution >= 4 is 14.1 Å². The van der Waals surface area contributed by atoms with Gasteiger partial charge in [-0.05, 0) is 6.92 Å². The van der Waals surface area contributed by atoms with Crippen molar-refractivity contribution in [3.05, 3.63) is 12.2 Å². The number of hydrogen-bond acceptors (Lipinski definition) is 1. The first-order chi connectivity index (χ1) is 4.33. The van der Waals surface area contributed by atoms with Crippen molar-refractivity contribution in [2.24, 2.45) is 0 Å². The van der Waals surface area contributed by atoms with Gasteiger partial charge in [-0.2, -0.15) is 0 Å². The van der Waals surface area contributed by atoms with Crippen molar-refractivity contribution in [3.63, 3.8) is 0 Å². The van der Waals surface area contributed by atoms with Gasteiger partial charge < -0.3 is 4.98 Å². The Kier molecular flexibility index (Phi) is 2.84. The number of rotatable bonds is 2. The van der Waals surface area contributed by atoms with Crippen LogP contribution in [0.4, 0.5) is 0 Å². The number of hydrogen-bond donors (Lipinski definition) is 1. The average molecular weight is 157 g/mol. The molecular weight excluding hydrogens is 142 g/mol. The predicted molar refractivity (Wildman–Crippen MR) is 46.3 cm³/mol. The van der Waals surface area contributed by atoms with E-state index in [1.165, 1.54) is 0 Å². The highest BCUT2D eigenvalue weighted by molar-refractivity contribution is 6.76. The third-order valence-corrected chi connectivity index (χ3v) is 1.85. The Morgan fingerprint density at radius 3 is 1.90 bits per heavy atom. The van der Waals surface area contributed by atoms with Crippen molar-refractivity contribution in [1.82, 2.24) is 4.98 Å². The predicted octanol–water partition coefficient (Wildman–Crippen LogP) is 1.51. The summed E-state index contributed by atoms with van der Waals surface area (Å²) in [6, 6.07) is 0. The molecule has 0 heterocycles. The maximum absolute atomic E-state index is 11.0. The van der Waals surface area contributed by atoms with E-state index in [0.29, 0.717) is 5.57 Å². The molecule has 58 valence electrons. The molecular formula is C7H15NOSi. The molecule has 0 atom stereocenters.